The average molecular weight is 479 g/mol. The molecule has 0 aromatic heterocycles. The second-order valence-electron chi connectivity index (χ2n) is 8.94. The molecule has 0 saturated heterocycles. The van der Waals surface area contributed by atoms with Crippen LogP contribution in [0.3, 0.4) is 0 Å². The quantitative estimate of drug-likeness (QED) is 0.369. The van der Waals surface area contributed by atoms with Crippen molar-refractivity contribution in [2.24, 2.45) is 4.99 Å². The van der Waals surface area contributed by atoms with E-state index < -0.39 is 30.2 Å². The highest BCUT2D eigenvalue weighted by Gasteiger charge is 2.63. The summed E-state index contributed by atoms with van der Waals surface area (Å²) in [6.07, 6.45) is 1.13. The normalized spacial score (nSPS) is 22.2. The summed E-state index contributed by atoms with van der Waals surface area (Å²) in [5.41, 5.74) is -2.08. The minimum absolute atomic E-state index is 0.360. The summed E-state index contributed by atoms with van der Waals surface area (Å²) in [5, 5.41) is 1.20. The number of hydrogen-bond acceptors (Lipinski definition) is 4. The van der Waals surface area contributed by atoms with E-state index in [1.165, 1.54) is 18.5 Å². The maximum atomic E-state index is 15.2. The van der Waals surface area contributed by atoms with Gasteiger partial charge in [0.15, 0.2) is 5.54 Å². The summed E-state index contributed by atoms with van der Waals surface area (Å²) < 4.78 is 36.4. The van der Waals surface area contributed by atoms with Crippen molar-refractivity contribution >= 4 is 30.2 Å². The summed E-state index contributed by atoms with van der Waals surface area (Å²) in [5.74, 6) is -0.945. The molecular formula is C27H28FN2O3P. The van der Waals surface area contributed by atoms with Gasteiger partial charge in [-0.15, -0.1) is 0 Å². The van der Waals surface area contributed by atoms with E-state index in [0.29, 0.717) is 16.2 Å². The van der Waals surface area contributed by atoms with Crippen molar-refractivity contribution in [3.05, 3.63) is 96.3 Å². The smallest absolute Gasteiger partial charge is 0.336 e. The molecule has 0 amide bonds. The fourth-order valence-electron chi connectivity index (χ4n) is 4.41. The van der Waals surface area contributed by atoms with Gasteiger partial charge in [-0.05, 0) is 69.7 Å². The molecule has 1 heterocycles. The molecule has 2 atom stereocenters. The molecular weight excluding hydrogens is 450 g/mol. The van der Waals surface area contributed by atoms with Gasteiger partial charge in [0.2, 0.25) is 7.29 Å². The van der Waals surface area contributed by atoms with Crippen LogP contribution in [0.15, 0.2) is 89.9 Å². The molecule has 0 saturated carbocycles. The van der Waals surface area contributed by atoms with Crippen LogP contribution in [0, 0.1) is 5.82 Å². The predicted octanol–water partition coefficient (Wildman–Crippen LogP) is 5.02. The number of carbonyl (C=O) groups is 1. The highest BCUT2D eigenvalue weighted by Crippen LogP contribution is 2.59. The van der Waals surface area contributed by atoms with Crippen LogP contribution in [-0.4, -0.2) is 28.6 Å². The minimum atomic E-state index is -3.54. The SMILES string of the molecule is CC(C)OC(=O)[C@]1(C)N=CN(P(=O)(c2ccccc2)c2ccccc2)[C@@]1(C)c1ccc(F)cc1. The Balaban J connectivity index is 2.00. The van der Waals surface area contributed by atoms with Gasteiger partial charge in [-0.25, -0.2) is 9.18 Å². The van der Waals surface area contributed by atoms with E-state index in [1.54, 1.807) is 37.6 Å². The first-order valence-corrected chi connectivity index (χ1v) is 12.8. The molecule has 34 heavy (non-hydrogen) atoms. The number of aliphatic imine (C=N–C) groups is 1. The van der Waals surface area contributed by atoms with Crippen molar-refractivity contribution in [2.75, 3.05) is 0 Å². The van der Waals surface area contributed by atoms with Crippen molar-refractivity contribution < 1.29 is 18.5 Å². The lowest BCUT2D eigenvalue weighted by Gasteiger charge is -2.47. The molecule has 5 nitrogen and oxygen atoms in total. The van der Waals surface area contributed by atoms with Crippen LogP contribution < -0.4 is 10.6 Å². The molecule has 0 fully saturated rings. The summed E-state index contributed by atoms with van der Waals surface area (Å²) in [6.45, 7) is 7.03. The van der Waals surface area contributed by atoms with E-state index in [2.05, 4.69) is 4.99 Å². The van der Waals surface area contributed by atoms with E-state index in [4.69, 9.17) is 4.74 Å². The summed E-state index contributed by atoms with van der Waals surface area (Å²) in [6, 6.07) is 24.2. The molecule has 1 aliphatic heterocycles. The van der Waals surface area contributed by atoms with Crippen LogP contribution in [0.4, 0.5) is 4.39 Å². The van der Waals surface area contributed by atoms with Gasteiger partial charge < -0.3 is 4.74 Å². The van der Waals surface area contributed by atoms with Crippen LogP contribution in [0.2, 0.25) is 0 Å². The lowest BCUT2D eigenvalue weighted by atomic mass is 9.75. The Morgan fingerprint density at radius 3 is 1.88 bits per heavy atom. The third kappa shape index (κ3) is 3.67. The second-order valence-corrected chi connectivity index (χ2v) is 11.6. The van der Waals surface area contributed by atoms with E-state index in [0.717, 1.165) is 0 Å². The van der Waals surface area contributed by atoms with Gasteiger partial charge in [-0.3, -0.25) is 14.2 Å². The highest BCUT2D eigenvalue weighted by molar-refractivity contribution is 7.77. The molecule has 3 aromatic rings. The Bertz CT molecular complexity index is 1200. The van der Waals surface area contributed by atoms with E-state index in [1.807, 2.05) is 67.6 Å². The first-order valence-electron chi connectivity index (χ1n) is 11.2. The van der Waals surface area contributed by atoms with E-state index in [-0.39, 0.29) is 6.10 Å². The third-order valence-corrected chi connectivity index (χ3v) is 9.60. The highest BCUT2D eigenvalue weighted by atomic mass is 31.2. The molecule has 0 bridgehead atoms. The molecule has 7 heteroatoms. The Hall–Kier alpha value is -3.24. The summed E-state index contributed by atoms with van der Waals surface area (Å²) in [4.78, 5) is 18.1. The Labute approximate surface area is 199 Å². The molecule has 1 aliphatic rings. The molecule has 4 rings (SSSR count). The molecule has 176 valence electrons. The standard InChI is InChI=1S/C27H28FN2O3P/c1-20(2)33-25(31)26(3)27(4,21-15-17-22(28)18-16-21)30(19-29-26)34(32,23-11-7-5-8-12-23)24-13-9-6-10-14-24/h5-20H,1-4H3/t26-,27-/m0/s1. The lowest BCUT2D eigenvalue weighted by Crippen LogP contribution is -2.57. The van der Waals surface area contributed by atoms with Gasteiger partial charge in [0.05, 0.1) is 12.4 Å². The van der Waals surface area contributed by atoms with Crippen LogP contribution in [-0.2, 0) is 19.6 Å². The Morgan fingerprint density at radius 2 is 1.41 bits per heavy atom. The van der Waals surface area contributed by atoms with Gasteiger partial charge in [0, 0.05) is 10.6 Å². The van der Waals surface area contributed by atoms with Crippen molar-refractivity contribution in [1.82, 2.24) is 4.67 Å². The van der Waals surface area contributed by atoms with Crippen LogP contribution >= 0.6 is 7.29 Å². The number of carbonyl (C=O) groups excluding carboxylic acids is 1. The topological polar surface area (TPSA) is 59.0 Å². The molecule has 0 N–H and O–H groups in total. The fraction of sp³-hybridized carbons (Fsp3) is 0.259. The summed E-state index contributed by atoms with van der Waals surface area (Å²) >= 11 is 0. The van der Waals surface area contributed by atoms with E-state index in [9.17, 15) is 9.18 Å². The van der Waals surface area contributed by atoms with Crippen molar-refractivity contribution in [2.45, 2.75) is 44.9 Å². The van der Waals surface area contributed by atoms with Crippen LogP contribution in [0.5, 0.6) is 0 Å². The van der Waals surface area contributed by atoms with E-state index >= 15 is 4.57 Å². The maximum Gasteiger partial charge on any atom is 0.336 e. The monoisotopic (exact) mass is 478 g/mol. The zero-order valence-electron chi connectivity index (χ0n) is 19.7. The molecule has 0 spiro atoms. The third-order valence-electron chi connectivity index (χ3n) is 6.49. The lowest BCUT2D eigenvalue weighted by molar-refractivity contribution is -0.156. The number of rotatable bonds is 6. The maximum absolute atomic E-state index is 15.2. The van der Waals surface area contributed by atoms with Crippen molar-refractivity contribution in [3.8, 4) is 0 Å². The van der Waals surface area contributed by atoms with Gasteiger partial charge in [0.25, 0.3) is 0 Å². The number of benzene rings is 3. The van der Waals surface area contributed by atoms with Gasteiger partial charge in [-0.1, -0.05) is 48.5 Å². The second kappa shape index (κ2) is 8.84. The first kappa shape index (κ1) is 23.9. The first-order chi connectivity index (χ1) is 16.1. The van der Waals surface area contributed by atoms with Crippen LogP contribution in [0.1, 0.15) is 33.3 Å². The molecule has 0 aliphatic carbocycles. The number of esters is 1. The Kier molecular flexibility index (Phi) is 6.22. The minimum Gasteiger partial charge on any atom is -0.461 e. The van der Waals surface area contributed by atoms with Gasteiger partial charge >= 0.3 is 5.97 Å². The zero-order valence-corrected chi connectivity index (χ0v) is 20.6. The molecule has 0 unspecified atom stereocenters. The average Bonchev–Trinajstić information content (AvgIpc) is 3.12. The number of halogens is 1. The van der Waals surface area contributed by atoms with Crippen molar-refractivity contribution in [3.63, 3.8) is 0 Å². The zero-order chi connectivity index (χ0) is 24.6. The van der Waals surface area contributed by atoms with Gasteiger partial charge in [0.1, 0.15) is 11.4 Å². The summed E-state index contributed by atoms with van der Waals surface area (Å²) in [7, 11) is -3.54. The number of hydrogen-bond donors (Lipinski definition) is 0. The fourth-order valence-corrected chi connectivity index (χ4v) is 7.43. The number of ether oxygens (including phenoxy) is 1. The number of nitrogens with zero attached hydrogens (tertiary/aromatic N) is 2. The molecule has 3 aromatic carbocycles. The van der Waals surface area contributed by atoms with Gasteiger partial charge in [-0.2, -0.15) is 0 Å². The van der Waals surface area contributed by atoms with Crippen molar-refractivity contribution in [1.29, 1.82) is 0 Å². The Morgan fingerprint density at radius 1 is 0.912 bits per heavy atom. The molecule has 0 radical (unpaired) electrons. The van der Waals surface area contributed by atoms with Crippen LogP contribution in [0.25, 0.3) is 0 Å². The predicted molar refractivity (Wildman–Crippen MR) is 133 cm³/mol. The largest absolute Gasteiger partial charge is 0.461 e.